The summed E-state index contributed by atoms with van der Waals surface area (Å²) in [4.78, 5) is 35.0. The molecule has 0 saturated heterocycles. The average molecular weight is 295 g/mol. The lowest BCUT2D eigenvalue weighted by Gasteiger charge is -2.09. The highest BCUT2D eigenvalue weighted by Gasteiger charge is 2.19. The molecule has 0 fully saturated rings. The topological polar surface area (TPSA) is 101 Å². The Hall–Kier alpha value is -3.15. The lowest BCUT2D eigenvalue weighted by Crippen LogP contribution is -2.18. The number of carbonyl (C=O) groups is 3. The first kappa shape index (κ1) is 13.8. The van der Waals surface area contributed by atoms with E-state index in [4.69, 9.17) is 5.73 Å². The molecule has 0 saturated carbocycles. The van der Waals surface area contributed by atoms with E-state index in [2.05, 4.69) is 10.6 Å². The predicted octanol–water partition coefficient (Wildman–Crippen LogP) is 1.53. The second-order valence-electron chi connectivity index (χ2n) is 4.96. The van der Waals surface area contributed by atoms with E-state index < -0.39 is 5.91 Å². The van der Waals surface area contributed by atoms with Gasteiger partial charge in [-0.25, -0.2) is 0 Å². The summed E-state index contributed by atoms with van der Waals surface area (Å²) in [7, 11) is 0. The van der Waals surface area contributed by atoms with Crippen LogP contribution in [0.4, 0.5) is 11.4 Å². The Kier molecular flexibility index (Phi) is 3.34. The molecule has 6 heteroatoms. The molecule has 0 aromatic heterocycles. The zero-order chi connectivity index (χ0) is 15.7. The molecule has 1 aliphatic rings. The molecule has 0 atom stereocenters. The Bertz CT molecular complexity index is 799. The number of carbonyl (C=O) groups excluding carboxylic acids is 3. The van der Waals surface area contributed by atoms with Crippen molar-refractivity contribution in [2.24, 2.45) is 5.73 Å². The van der Waals surface area contributed by atoms with Gasteiger partial charge in [0.2, 0.25) is 5.91 Å². The molecular formula is C16H13N3O3. The van der Waals surface area contributed by atoms with Crippen molar-refractivity contribution in [2.75, 3.05) is 10.6 Å². The third-order valence-electron chi connectivity index (χ3n) is 3.43. The van der Waals surface area contributed by atoms with Crippen LogP contribution >= 0.6 is 0 Å². The van der Waals surface area contributed by atoms with Crippen LogP contribution in [0.15, 0.2) is 42.5 Å². The fraction of sp³-hybridized carbons (Fsp3) is 0.0625. The van der Waals surface area contributed by atoms with Gasteiger partial charge in [0, 0.05) is 11.3 Å². The van der Waals surface area contributed by atoms with E-state index in [0.717, 1.165) is 11.3 Å². The van der Waals surface area contributed by atoms with E-state index in [0.29, 0.717) is 11.3 Å². The van der Waals surface area contributed by atoms with Crippen molar-refractivity contribution < 1.29 is 14.4 Å². The van der Waals surface area contributed by atoms with Crippen LogP contribution in [0.5, 0.6) is 0 Å². The first-order valence-corrected chi connectivity index (χ1v) is 6.67. The van der Waals surface area contributed by atoms with Gasteiger partial charge >= 0.3 is 0 Å². The fourth-order valence-corrected chi connectivity index (χ4v) is 2.37. The van der Waals surface area contributed by atoms with Crippen LogP contribution in [0.25, 0.3) is 0 Å². The van der Waals surface area contributed by atoms with Gasteiger partial charge in [0.25, 0.3) is 11.8 Å². The number of nitrogens with one attached hydrogen (secondary N) is 2. The van der Waals surface area contributed by atoms with Gasteiger partial charge in [-0.1, -0.05) is 12.1 Å². The molecular weight excluding hydrogens is 282 g/mol. The van der Waals surface area contributed by atoms with Gasteiger partial charge in [0.15, 0.2) is 0 Å². The quantitative estimate of drug-likeness (QED) is 0.800. The van der Waals surface area contributed by atoms with Crippen LogP contribution in [0.3, 0.4) is 0 Å². The number of hydrogen-bond donors (Lipinski definition) is 3. The molecule has 6 nitrogen and oxygen atoms in total. The number of nitrogens with two attached hydrogens (primary N) is 1. The Morgan fingerprint density at radius 3 is 2.68 bits per heavy atom. The van der Waals surface area contributed by atoms with Crippen LogP contribution in [0.1, 0.15) is 26.3 Å². The first-order valence-electron chi connectivity index (χ1n) is 6.67. The number of primary amides is 1. The number of anilines is 2. The molecule has 1 aliphatic heterocycles. The maximum absolute atomic E-state index is 12.3. The van der Waals surface area contributed by atoms with Crippen molar-refractivity contribution >= 4 is 29.1 Å². The van der Waals surface area contributed by atoms with Gasteiger partial charge in [0.05, 0.1) is 17.7 Å². The highest BCUT2D eigenvalue weighted by Crippen LogP contribution is 2.24. The highest BCUT2D eigenvalue weighted by atomic mass is 16.2. The summed E-state index contributed by atoms with van der Waals surface area (Å²) in [6.07, 6.45) is 0.258. The highest BCUT2D eigenvalue weighted by molar-refractivity contribution is 6.09. The summed E-state index contributed by atoms with van der Waals surface area (Å²) < 4.78 is 0. The van der Waals surface area contributed by atoms with E-state index in [-0.39, 0.29) is 23.8 Å². The molecule has 22 heavy (non-hydrogen) atoms. The van der Waals surface area contributed by atoms with Gasteiger partial charge in [-0.05, 0) is 35.9 Å². The summed E-state index contributed by atoms with van der Waals surface area (Å²) in [6, 6.07) is 11.5. The Balaban J connectivity index is 1.86. The Morgan fingerprint density at radius 1 is 1.14 bits per heavy atom. The van der Waals surface area contributed by atoms with E-state index in [1.165, 1.54) is 0 Å². The van der Waals surface area contributed by atoms with Crippen LogP contribution in [-0.2, 0) is 11.2 Å². The maximum Gasteiger partial charge on any atom is 0.255 e. The van der Waals surface area contributed by atoms with Crippen molar-refractivity contribution in [3.05, 3.63) is 59.2 Å². The minimum Gasteiger partial charge on any atom is -0.366 e. The normalized spacial score (nSPS) is 12.5. The third kappa shape index (κ3) is 2.54. The number of fused-ring (bicyclic) bond motifs is 1. The van der Waals surface area contributed by atoms with Gasteiger partial charge < -0.3 is 16.4 Å². The molecule has 0 aliphatic carbocycles. The summed E-state index contributed by atoms with van der Waals surface area (Å²) in [5.74, 6) is -1.07. The molecule has 1 heterocycles. The van der Waals surface area contributed by atoms with Crippen molar-refractivity contribution in [2.45, 2.75) is 6.42 Å². The predicted molar refractivity (Wildman–Crippen MR) is 81.7 cm³/mol. The molecule has 2 aromatic rings. The zero-order valence-electron chi connectivity index (χ0n) is 11.6. The van der Waals surface area contributed by atoms with E-state index in [1.807, 2.05) is 0 Å². The van der Waals surface area contributed by atoms with E-state index >= 15 is 0 Å². The van der Waals surface area contributed by atoms with Gasteiger partial charge in [-0.2, -0.15) is 0 Å². The maximum atomic E-state index is 12.3. The third-order valence-corrected chi connectivity index (χ3v) is 3.43. The van der Waals surface area contributed by atoms with Crippen LogP contribution < -0.4 is 16.4 Å². The van der Waals surface area contributed by atoms with E-state index in [1.54, 1.807) is 42.5 Å². The first-order chi connectivity index (χ1) is 10.5. The van der Waals surface area contributed by atoms with Crippen LogP contribution in [0.2, 0.25) is 0 Å². The van der Waals surface area contributed by atoms with Gasteiger partial charge in [-0.3, -0.25) is 14.4 Å². The molecule has 0 unspecified atom stereocenters. The summed E-state index contributed by atoms with van der Waals surface area (Å²) in [5.41, 5.74) is 7.79. The Labute approximate surface area is 126 Å². The van der Waals surface area contributed by atoms with Crippen molar-refractivity contribution in [3.8, 4) is 0 Å². The van der Waals surface area contributed by atoms with Crippen molar-refractivity contribution in [1.29, 1.82) is 0 Å². The summed E-state index contributed by atoms with van der Waals surface area (Å²) in [6.45, 7) is 0. The van der Waals surface area contributed by atoms with Gasteiger partial charge in [-0.15, -0.1) is 0 Å². The number of hydrogen-bond acceptors (Lipinski definition) is 3. The smallest absolute Gasteiger partial charge is 0.255 e. The molecule has 4 N–H and O–H groups in total. The number of rotatable bonds is 3. The zero-order valence-corrected chi connectivity index (χ0v) is 11.6. The molecule has 0 bridgehead atoms. The SMILES string of the molecule is NC(=O)c1ccccc1NC(=O)c1ccc2c(c1)CC(=O)N2. The standard InChI is InChI=1S/C16H13N3O3/c17-15(21)11-3-1-2-4-13(11)19-16(22)9-5-6-12-10(7-9)8-14(20)18-12/h1-7H,8H2,(H2,17,21)(H,18,20)(H,19,22). The Morgan fingerprint density at radius 2 is 1.91 bits per heavy atom. The molecule has 110 valence electrons. The van der Waals surface area contributed by atoms with Crippen LogP contribution in [-0.4, -0.2) is 17.7 Å². The minimum absolute atomic E-state index is 0.0911. The molecule has 3 rings (SSSR count). The van der Waals surface area contributed by atoms with Crippen molar-refractivity contribution in [3.63, 3.8) is 0 Å². The summed E-state index contributed by atoms with van der Waals surface area (Å²) in [5, 5.41) is 5.37. The molecule has 3 amide bonds. The second kappa shape index (κ2) is 5.33. The van der Waals surface area contributed by atoms with E-state index in [9.17, 15) is 14.4 Å². The lowest BCUT2D eigenvalue weighted by atomic mass is 10.1. The average Bonchev–Trinajstić information content (AvgIpc) is 2.86. The van der Waals surface area contributed by atoms with Crippen LogP contribution in [0, 0.1) is 0 Å². The fourth-order valence-electron chi connectivity index (χ4n) is 2.37. The molecule has 2 aromatic carbocycles. The minimum atomic E-state index is -0.611. The van der Waals surface area contributed by atoms with Gasteiger partial charge in [0.1, 0.15) is 0 Å². The lowest BCUT2D eigenvalue weighted by molar-refractivity contribution is -0.115. The number of para-hydroxylation sites is 1. The summed E-state index contributed by atoms with van der Waals surface area (Å²) >= 11 is 0. The molecule has 0 radical (unpaired) electrons. The van der Waals surface area contributed by atoms with Crippen molar-refractivity contribution in [1.82, 2.24) is 0 Å². The molecule has 0 spiro atoms. The largest absolute Gasteiger partial charge is 0.366 e. The number of amides is 3. The monoisotopic (exact) mass is 295 g/mol. The second-order valence-corrected chi connectivity index (χ2v) is 4.96. The number of benzene rings is 2.